The zero-order valence-electron chi connectivity index (χ0n) is 11.4. The van der Waals surface area contributed by atoms with Crippen LogP contribution >= 0.6 is 0 Å². The van der Waals surface area contributed by atoms with Gasteiger partial charge in [-0.15, -0.1) is 0 Å². The first-order chi connectivity index (χ1) is 8.45. The molecule has 0 radical (unpaired) electrons. The van der Waals surface area contributed by atoms with Gasteiger partial charge >= 0.3 is 0 Å². The van der Waals surface area contributed by atoms with Crippen molar-refractivity contribution < 1.29 is 0 Å². The van der Waals surface area contributed by atoms with Gasteiger partial charge in [0.1, 0.15) is 5.69 Å². The number of aryl methyl sites for hydroxylation is 1. The van der Waals surface area contributed by atoms with Crippen LogP contribution in [0.1, 0.15) is 37.6 Å². The van der Waals surface area contributed by atoms with Gasteiger partial charge in [0.25, 0.3) is 0 Å². The molecule has 0 atom stereocenters. The van der Waals surface area contributed by atoms with Crippen molar-refractivity contribution in [2.45, 2.75) is 26.2 Å². The summed E-state index contributed by atoms with van der Waals surface area (Å²) in [5.74, 6) is 6.24. The van der Waals surface area contributed by atoms with Crippen LogP contribution in [-0.4, -0.2) is 9.78 Å². The second kappa shape index (κ2) is 4.70. The van der Waals surface area contributed by atoms with E-state index in [9.17, 15) is 0 Å². The van der Waals surface area contributed by atoms with Crippen LogP contribution in [0.25, 0.3) is 0 Å². The van der Waals surface area contributed by atoms with Gasteiger partial charge in [0, 0.05) is 18.8 Å². The lowest BCUT2D eigenvalue weighted by Gasteiger charge is -2.18. The first kappa shape index (κ1) is 12.4. The van der Waals surface area contributed by atoms with Crippen molar-refractivity contribution in [1.82, 2.24) is 9.78 Å². The molecule has 18 heavy (non-hydrogen) atoms. The SMILES string of the molecule is Cn1ccc(C#Cc2cccc(C(C)(C)C)c2)n1. The average Bonchev–Trinajstić information content (AvgIpc) is 2.72. The van der Waals surface area contributed by atoms with Crippen LogP contribution < -0.4 is 0 Å². The van der Waals surface area contributed by atoms with E-state index in [0.29, 0.717) is 0 Å². The van der Waals surface area contributed by atoms with Crippen molar-refractivity contribution in [3.8, 4) is 11.8 Å². The molecule has 0 saturated heterocycles. The number of hydrogen-bond donors (Lipinski definition) is 0. The molecule has 0 saturated carbocycles. The first-order valence-electron chi connectivity index (χ1n) is 6.07. The summed E-state index contributed by atoms with van der Waals surface area (Å²) in [7, 11) is 1.89. The Morgan fingerprint density at radius 3 is 2.50 bits per heavy atom. The molecule has 0 bridgehead atoms. The zero-order valence-corrected chi connectivity index (χ0v) is 11.4. The summed E-state index contributed by atoms with van der Waals surface area (Å²) in [6.07, 6.45) is 1.90. The molecule has 0 N–H and O–H groups in total. The highest BCUT2D eigenvalue weighted by molar-refractivity contribution is 5.42. The first-order valence-corrected chi connectivity index (χ1v) is 6.07. The standard InChI is InChI=1S/C16H18N2/c1-16(2,3)14-7-5-6-13(12-14)8-9-15-10-11-18(4)17-15/h5-7,10-12H,1-4H3. The predicted octanol–water partition coefficient (Wildman–Crippen LogP) is 3.12. The van der Waals surface area contributed by atoms with Crippen molar-refractivity contribution in [1.29, 1.82) is 0 Å². The van der Waals surface area contributed by atoms with Crippen LogP contribution in [0.2, 0.25) is 0 Å². The molecule has 0 fully saturated rings. The molecular formula is C16H18N2. The highest BCUT2D eigenvalue weighted by Crippen LogP contribution is 2.22. The summed E-state index contributed by atoms with van der Waals surface area (Å²) < 4.78 is 1.76. The molecule has 2 heteroatoms. The van der Waals surface area contributed by atoms with Gasteiger partial charge in [-0.3, -0.25) is 4.68 Å². The van der Waals surface area contributed by atoms with E-state index in [-0.39, 0.29) is 5.41 Å². The maximum atomic E-state index is 4.24. The maximum Gasteiger partial charge on any atom is 0.135 e. The van der Waals surface area contributed by atoms with Crippen molar-refractivity contribution in [3.63, 3.8) is 0 Å². The highest BCUT2D eigenvalue weighted by atomic mass is 15.2. The van der Waals surface area contributed by atoms with Gasteiger partial charge < -0.3 is 0 Å². The van der Waals surface area contributed by atoms with Crippen LogP contribution in [0.5, 0.6) is 0 Å². The van der Waals surface area contributed by atoms with E-state index in [4.69, 9.17) is 0 Å². The van der Waals surface area contributed by atoms with Gasteiger partial charge in [-0.05, 0) is 35.1 Å². The van der Waals surface area contributed by atoms with E-state index in [2.05, 4.69) is 55.9 Å². The minimum Gasteiger partial charge on any atom is -0.275 e. The fraction of sp³-hybridized carbons (Fsp3) is 0.312. The van der Waals surface area contributed by atoms with Gasteiger partial charge in [0.05, 0.1) is 0 Å². The summed E-state index contributed by atoms with van der Waals surface area (Å²) in [4.78, 5) is 0. The monoisotopic (exact) mass is 238 g/mol. The van der Waals surface area contributed by atoms with Crippen molar-refractivity contribution >= 4 is 0 Å². The highest BCUT2D eigenvalue weighted by Gasteiger charge is 2.12. The lowest BCUT2D eigenvalue weighted by atomic mass is 9.86. The number of rotatable bonds is 0. The summed E-state index contributed by atoms with van der Waals surface area (Å²) in [6.45, 7) is 6.62. The Hall–Kier alpha value is -2.01. The van der Waals surface area contributed by atoms with Crippen LogP contribution in [0.3, 0.4) is 0 Å². The van der Waals surface area contributed by atoms with Crippen molar-refractivity contribution in [3.05, 3.63) is 53.3 Å². The third kappa shape index (κ3) is 3.01. The normalized spacial score (nSPS) is 10.9. The predicted molar refractivity (Wildman–Crippen MR) is 74.3 cm³/mol. The Bertz CT molecular complexity index is 604. The van der Waals surface area contributed by atoms with E-state index >= 15 is 0 Å². The van der Waals surface area contributed by atoms with Gasteiger partial charge in [0.15, 0.2) is 0 Å². The molecule has 2 rings (SSSR count). The van der Waals surface area contributed by atoms with E-state index < -0.39 is 0 Å². The Kier molecular flexibility index (Phi) is 3.25. The number of aromatic nitrogens is 2. The molecule has 1 aromatic heterocycles. The van der Waals surface area contributed by atoms with Gasteiger partial charge in [-0.1, -0.05) is 38.8 Å². The summed E-state index contributed by atoms with van der Waals surface area (Å²) in [5, 5.41) is 4.24. The molecule has 0 aliphatic carbocycles. The summed E-state index contributed by atoms with van der Waals surface area (Å²) in [5.41, 5.74) is 3.30. The van der Waals surface area contributed by atoms with Crippen LogP contribution in [-0.2, 0) is 12.5 Å². The van der Waals surface area contributed by atoms with Gasteiger partial charge in [0.2, 0.25) is 0 Å². The van der Waals surface area contributed by atoms with Crippen molar-refractivity contribution in [2.75, 3.05) is 0 Å². The Morgan fingerprint density at radius 1 is 1.11 bits per heavy atom. The Labute approximate surface area is 109 Å². The molecule has 1 aromatic carbocycles. The molecular weight excluding hydrogens is 220 g/mol. The fourth-order valence-corrected chi connectivity index (χ4v) is 1.68. The Morgan fingerprint density at radius 2 is 1.89 bits per heavy atom. The minimum absolute atomic E-state index is 0.155. The van der Waals surface area contributed by atoms with Crippen molar-refractivity contribution in [2.24, 2.45) is 7.05 Å². The lowest BCUT2D eigenvalue weighted by Crippen LogP contribution is -2.10. The van der Waals surface area contributed by atoms with E-state index in [1.165, 1.54) is 5.56 Å². The molecule has 0 aliphatic heterocycles. The number of benzene rings is 1. The second-order valence-corrected chi connectivity index (χ2v) is 5.46. The second-order valence-electron chi connectivity index (χ2n) is 5.46. The lowest BCUT2D eigenvalue weighted by molar-refractivity contribution is 0.590. The summed E-state index contributed by atoms with van der Waals surface area (Å²) >= 11 is 0. The quantitative estimate of drug-likeness (QED) is 0.645. The molecule has 1 heterocycles. The zero-order chi connectivity index (χ0) is 13.2. The molecule has 0 aliphatic rings. The Balaban J connectivity index is 2.28. The van der Waals surface area contributed by atoms with E-state index in [1.54, 1.807) is 4.68 Å². The molecule has 0 amide bonds. The molecule has 0 unspecified atom stereocenters. The number of nitrogens with zero attached hydrogens (tertiary/aromatic N) is 2. The molecule has 0 spiro atoms. The van der Waals surface area contributed by atoms with E-state index in [1.807, 2.05) is 25.4 Å². The molecule has 2 nitrogen and oxygen atoms in total. The topological polar surface area (TPSA) is 17.8 Å². The van der Waals surface area contributed by atoms with Crippen LogP contribution in [0, 0.1) is 11.8 Å². The van der Waals surface area contributed by atoms with E-state index in [0.717, 1.165) is 11.3 Å². The number of hydrogen-bond acceptors (Lipinski definition) is 1. The van der Waals surface area contributed by atoms with Crippen LogP contribution in [0.15, 0.2) is 36.5 Å². The van der Waals surface area contributed by atoms with Gasteiger partial charge in [-0.2, -0.15) is 5.10 Å². The largest absolute Gasteiger partial charge is 0.275 e. The fourth-order valence-electron chi connectivity index (χ4n) is 1.68. The minimum atomic E-state index is 0.155. The smallest absolute Gasteiger partial charge is 0.135 e. The average molecular weight is 238 g/mol. The van der Waals surface area contributed by atoms with Crippen LogP contribution in [0.4, 0.5) is 0 Å². The molecule has 92 valence electrons. The third-order valence-corrected chi connectivity index (χ3v) is 2.78. The molecule has 2 aromatic rings. The summed E-state index contributed by atoms with van der Waals surface area (Å²) in [6, 6.07) is 10.3. The van der Waals surface area contributed by atoms with Gasteiger partial charge in [-0.25, -0.2) is 0 Å². The third-order valence-electron chi connectivity index (χ3n) is 2.78. The maximum absolute atomic E-state index is 4.24.